The van der Waals surface area contributed by atoms with Gasteiger partial charge in [0.05, 0.1) is 11.2 Å². The summed E-state index contributed by atoms with van der Waals surface area (Å²) in [5, 5.41) is 2.99. The van der Waals surface area contributed by atoms with Crippen LogP contribution in [0.15, 0.2) is 30.5 Å². The van der Waals surface area contributed by atoms with Gasteiger partial charge < -0.3 is 10.1 Å². The van der Waals surface area contributed by atoms with Gasteiger partial charge in [-0.25, -0.2) is 13.8 Å². The van der Waals surface area contributed by atoms with Gasteiger partial charge in [-0.15, -0.1) is 0 Å². The Morgan fingerprint density at radius 3 is 2.90 bits per heavy atom. The summed E-state index contributed by atoms with van der Waals surface area (Å²) >= 11 is 5.68. The Balaban J connectivity index is 2.30. The fourth-order valence-corrected chi connectivity index (χ4v) is 1.78. The number of aromatic nitrogens is 1. The van der Waals surface area contributed by atoms with Crippen molar-refractivity contribution in [2.24, 2.45) is 0 Å². The molecule has 0 aliphatic carbocycles. The summed E-state index contributed by atoms with van der Waals surface area (Å²) in [7, 11) is 0. The molecule has 3 nitrogen and oxygen atoms in total. The molecule has 0 radical (unpaired) electrons. The molecule has 1 heterocycles. The third-order valence-electron chi connectivity index (χ3n) is 2.58. The van der Waals surface area contributed by atoms with Crippen LogP contribution in [0.3, 0.4) is 0 Å². The minimum absolute atomic E-state index is 0.0437. The normalized spacial score (nSPS) is 10.6. The van der Waals surface area contributed by atoms with E-state index in [0.29, 0.717) is 18.7 Å². The maximum absolute atomic E-state index is 13.8. The van der Waals surface area contributed by atoms with Crippen molar-refractivity contribution in [2.45, 2.75) is 13.5 Å². The van der Waals surface area contributed by atoms with Gasteiger partial charge in [0.25, 0.3) is 0 Å². The Hall–Kier alpha value is -1.72. The van der Waals surface area contributed by atoms with Crippen LogP contribution >= 0.6 is 11.6 Å². The van der Waals surface area contributed by atoms with Crippen LogP contribution < -0.4 is 10.1 Å². The van der Waals surface area contributed by atoms with Crippen LogP contribution in [0.4, 0.5) is 8.78 Å². The summed E-state index contributed by atoms with van der Waals surface area (Å²) in [6.45, 7) is 3.00. The molecule has 1 aromatic carbocycles. The van der Waals surface area contributed by atoms with Gasteiger partial charge >= 0.3 is 0 Å². The first-order valence-corrected chi connectivity index (χ1v) is 6.46. The second-order valence-electron chi connectivity index (χ2n) is 4.05. The van der Waals surface area contributed by atoms with Crippen molar-refractivity contribution in [1.82, 2.24) is 10.3 Å². The van der Waals surface area contributed by atoms with Crippen LogP contribution in [-0.4, -0.2) is 11.5 Å². The van der Waals surface area contributed by atoms with Crippen molar-refractivity contribution >= 4 is 11.6 Å². The molecule has 0 amide bonds. The summed E-state index contributed by atoms with van der Waals surface area (Å²) in [6, 6.07) is 5.71. The van der Waals surface area contributed by atoms with Gasteiger partial charge in [0.15, 0.2) is 11.6 Å². The number of ether oxygens (including phenoxy) is 1. The molecule has 0 aliphatic rings. The number of hydrogen-bond donors (Lipinski definition) is 1. The topological polar surface area (TPSA) is 34.2 Å². The van der Waals surface area contributed by atoms with Crippen LogP contribution in [0.1, 0.15) is 12.5 Å². The van der Waals surface area contributed by atoms with E-state index >= 15 is 0 Å². The molecule has 0 unspecified atom stereocenters. The third-order valence-corrected chi connectivity index (χ3v) is 2.87. The van der Waals surface area contributed by atoms with Gasteiger partial charge in [-0.05, 0) is 24.7 Å². The Labute approximate surface area is 120 Å². The second-order valence-corrected chi connectivity index (χ2v) is 4.46. The molecule has 0 saturated carbocycles. The molecule has 0 spiro atoms. The van der Waals surface area contributed by atoms with Gasteiger partial charge in [0, 0.05) is 12.1 Å². The molecule has 1 N–H and O–H groups in total. The number of pyridine rings is 1. The summed E-state index contributed by atoms with van der Waals surface area (Å²) in [6.07, 6.45) is 1.02. The molecule has 6 heteroatoms. The zero-order chi connectivity index (χ0) is 14.5. The highest BCUT2D eigenvalue weighted by Crippen LogP contribution is 2.29. The van der Waals surface area contributed by atoms with Gasteiger partial charge in [0.1, 0.15) is 5.82 Å². The fourth-order valence-electron chi connectivity index (χ4n) is 1.61. The predicted molar refractivity (Wildman–Crippen MR) is 73.1 cm³/mol. The number of hydrogen-bond acceptors (Lipinski definition) is 3. The molecule has 106 valence electrons. The maximum atomic E-state index is 13.8. The highest BCUT2D eigenvalue weighted by atomic mass is 35.5. The molecule has 1 aromatic heterocycles. The van der Waals surface area contributed by atoms with Crippen LogP contribution in [0, 0.1) is 11.6 Å². The van der Waals surface area contributed by atoms with Gasteiger partial charge in [-0.2, -0.15) is 0 Å². The van der Waals surface area contributed by atoms with Crippen LogP contribution in [0.5, 0.6) is 11.6 Å². The molecule has 0 bridgehead atoms. The lowest BCUT2D eigenvalue weighted by Crippen LogP contribution is -2.13. The summed E-state index contributed by atoms with van der Waals surface area (Å²) < 4.78 is 32.4. The number of nitrogens with one attached hydrogen (secondary N) is 1. The molecule has 2 aromatic rings. The summed E-state index contributed by atoms with van der Waals surface area (Å²) in [4.78, 5) is 3.85. The van der Waals surface area contributed by atoms with E-state index in [1.807, 2.05) is 6.92 Å². The third kappa shape index (κ3) is 3.43. The monoisotopic (exact) mass is 298 g/mol. The van der Waals surface area contributed by atoms with Crippen molar-refractivity contribution in [1.29, 1.82) is 0 Å². The maximum Gasteiger partial charge on any atom is 0.224 e. The predicted octanol–water partition coefficient (Wildman–Crippen LogP) is 3.92. The molecule has 0 saturated heterocycles. The van der Waals surface area contributed by atoms with Gasteiger partial charge in [-0.1, -0.05) is 24.6 Å². The zero-order valence-electron chi connectivity index (χ0n) is 10.8. The number of benzene rings is 1. The zero-order valence-corrected chi connectivity index (χ0v) is 11.5. The van der Waals surface area contributed by atoms with Crippen molar-refractivity contribution in [2.75, 3.05) is 6.54 Å². The Bertz CT molecular complexity index is 608. The quantitative estimate of drug-likeness (QED) is 0.908. The Kier molecular flexibility index (Phi) is 4.87. The van der Waals surface area contributed by atoms with E-state index in [2.05, 4.69) is 10.3 Å². The number of halogens is 3. The number of rotatable bonds is 5. The van der Waals surface area contributed by atoms with Crippen molar-refractivity contribution in [3.05, 3.63) is 52.7 Å². The molecule has 20 heavy (non-hydrogen) atoms. The lowest BCUT2D eigenvalue weighted by molar-refractivity contribution is 0.418. The van der Waals surface area contributed by atoms with E-state index in [1.165, 1.54) is 18.2 Å². The van der Waals surface area contributed by atoms with E-state index in [4.69, 9.17) is 16.3 Å². The van der Waals surface area contributed by atoms with Gasteiger partial charge in [0.2, 0.25) is 5.88 Å². The lowest BCUT2D eigenvalue weighted by Gasteiger charge is -2.11. The van der Waals surface area contributed by atoms with E-state index in [1.54, 1.807) is 6.07 Å². The Morgan fingerprint density at radius 1 is 1.35 bits per heavy atom. The average molecular weight is 299 g/mol. The smallest absolute Gasteiger partial charge is 0.224 e. The van der Waals surface area contributed by atoms with Crippen molar-refractivity contribution < 1.29 is 13.5 Å². The number of nitrogens with zero attached hydrogens (tertiary/aromatic N) is 1. The molecule has 0 aliphatic heterocycles. The Morgan fingerprint density at radius 2 is 2.15 bits per heavy atom. The molecule has 0 atom stereocenters. The molecular weight excluding hydrogens is 286 g/mol. The van der Waals surface area contributed by atoms with Crippen molar-refractivity contribution in [3.63, 3.8) is 0 Å². The van der Waals surface area contributed by atoms with Crippen LogP contribution in [0.2, 0.25) is 5.02 Å². The van der Waals surface area contributed by atoms with E-state index in [0.717, 1.165) is 6.20 Å². The van der Waals surface area contributed by atoms with E-state index in [9.17, 15) is 8.78 Å². The van der Waals surface area contributed by atoms with Crippen LogP contribution in [-0.2, 0) is 6.54 Å². The summed E-state index contributed by atoms with van der Waals surface area (Å²) in [5.41, 5.74) is 0.506. The summed E-state index contributed by atoms with van der Waals surface area (Å²) in [5.74, 6) is -1.05. The average Bonchev–Trinajstić information content (AvgIpc) is 2.44. The lowest BCUT2D eigenvalue weighted by atomic mass is 10.2. The van der Waals surface area contributed by atoms with Gasteiger partial charge in [-0.3, -0.25) is 0 Å². The first kappa shape index (κ1) is 14.7. The van der Waals surface area contributed by atoms with E-state index < -0.39 is 11.6 Å². The van der Waals surface area contributed by atoms with E-state index in [-0.39, 0.29) is 16.7 Å². The minimum atomic E-state index is -0.672. The fraction of sp³-hybridized carbons (Fsp3) is 0.214. The largest absolute Gasteiger partial charge is 0.436 e. The molecule has 2 rings (SSSR count). The molecular formula is C14H13ClF2N2O. The van der Waals surface area contributed by atoms with Crippen molar-refractivity contribution in [3.8, 4) is 11.6 Å². The standard InChI is InChI=1S/C14H13ClF2N2O/c1-2-18-7-9-6-10(16)8-19-14(9)20-12-5-3-4-11(15)13(12)17/h3-6,8,18H,2,7H2,1H3. The second kappa shape index (κ2) is 6.63. The molecule has 0 fully saturated rings. The first-order valence-electron chi connectivity index (χ1n) is 6.08. The SMILES string of the molecule is CCNCc1cc(F)cnc1Oc1cccc(Cl)c1F. The highest BCUT2D eigenvalue weighted by Gasteiger charge is 2.12. The highest BCUT2D eigenvalue weighted by molar-refractivity contribution is 6.30. The first-order chi connectivity index (χ1) is 9.61. The minimum Gasteiger partial charge on any atom is -0.436 e. The van der Waals surface area contributed by atoms with Crippen LogP contribution in [0.25, 0.3) is 0 Å².